The van der Waals surface area contributed by atoms with Gasteiger partial charge in [-0.1, -0.05) is 18.2 Å². The summed E-state index contributed by atoms with van der Waals surface area (Å²) in [6.07, 6.45) is 2.73. The van der Waals surface area contributed by atoms with Crippen LogP contribution in [0.1, 0.15) is 17.7 Å². The third-order valence-corrected chi connectivity index (χ3v) is 3.98. The fraction of sp³-hybridized carbons (Fsp3) is 0.278. The number of anilines is 1. The molecule has 3 N–H and O–H groups in total. The molecule has 0 bridgehead atoms. The first kappa shape index (κ1) is 17.8. The molecule has 0 saturated heterocycles. The Bertz CT molecular complexity index is 795. The first-order chi connectivity index (χ1) is 12.4. The number of amidine groups is 1. The summed E-state index contributed by atoms with van der Waals surface area (Å²) < 4.78 is 33.4. The van der Waals surface area contributed by atoms with E-state index in [2.05, 4.69) is 15.3 Å². The summed E-state index contributed by atoms with van der Waals surface area (Å²) in [5, 5.41) is 2.22. The Balaban J connectivity index is 1.57. The van der Waals surface area contributed by atoms with Crippen molar-refractivity contribution in [1.29, 1.82) is 0 Å². The van der Waals surface area contributed by atoms with Crippen molar-refractivity contribution in [1.82, 2.24) is 4.98 Å². The molecule has 0 aliphatic carbocycles. The zero-order valence-electron chi connectivity index (χ0n) is 13.9. The van der Waals surface area contributed by atoms with Gasteiger partial charge in [0.25, 0.3) is 6.02 Å². The zero-order chi connectivity index (χ0) is 18.6. The molecule has 136 valence electrons. The van der Waals surface area contributed by atoms with Crippen molar-refractivity contribution in [2.45, 2.75) is 24.8 Å². The van der Waals surface area contributed by atoms with E-state index in [-0.39, 0.29) is 12.1 Å². The summed E-state index contributed by atoms with van der Waals surface area (Å²) in [6.45, 7) is 0.475. The van der Waals surface area contributed by atoms with E-state index in [1.165, 1.54) is 18.3 Å². The number of aliphatic imine (C=N–C) groups is 1. The fourth-order valence-electron chi connectivity index (χ4n) is 2.55. The standard InChI is InChI=1S/C18H18F2N4O2/c19-18(20,15-3-1-2-10-22-15)16(25)23-13-7-4-12(5-8-13)6-9-14-11-26-17(21)24-14/h1-5,7-8,10,14H,6,9,11H2,(H2,21,24)(H,23,25). The minimum atomic E-state index is -3.71. The van der Waals surface area contributed by atoms with E-state index >= 15 is 0 Å². The van der Waals surface area contributed by atoms with Crippen LogP contribution in [0.4, 0.5) is 14.5 Å². The molecule has 0 saturated carbocycles. The van der Waals surface area contributed by atoms with Crippen LogP contribution in [-0.2, 0) is 21.9 Å². The van der Waals surface area contributed by atoms with Crippen molar-refractivity contribution in [3.8, 4) is 0 Å². The largest absolute Gasteiger partial charge is 0.463 e. The van der Waals surface area contributed by atoms with Gasteiger partial charge in [-0.25, -0.2) is 4.99 Å². The van der Waals surface area contributed by atoms with E-state index in [1.807, 2.05) is 0 Å². The number of carbonyl (C=O) groups excluding carboxylic acids is 1. The van der Waals surface area contributed by atoms with Gasteiger partial charge < -0.3 is 15.8 Å². The van der Waals surface area contributed by atoms with Gasteiger partial charge in [0.1, 0.15) is 12.3 Å². The Kier molecular flexibility index (Phi) is 5.11. The average Bonchev–Trinajstić information content (AvgIpc) is 3.07. The van der Waals surface area contributed by atoms with Crippen molar-refractivity contribution in [3.63, 3.8) is 0 Å². The average molecular weight is 360 g/mol. The number of ether oxygens (including phenoxy) is 1. The highest BCUT2D eigenvalue weighted by Gasteiger charge is 2.42. The number of hydrogen-bond acceptors (Lipinski definition) is 5. The number of amides is 1. The Morgan fingerprint density at radius 3 is 2.65 bits per heavy atom. The number of nitrogens with one attached hydrogen (secondary N) is 1. The van der Waals surface area contributed by atoms with Crippen LogP contribution < -0.4 is 11.1 Å². The van der Waals surface area contributed by atoms with Crippen molar-refractivity contribution in [3.05, 3.63) is 59.9 Å². The van der Waals surface area contributed by atoms with Gasteiger partial charge in [-0.15, -0.1) is 0 Å². The van der Waals surface area contributed by atoms with Gasteiger partial charge in [-0.05, 0) is 42.7 Å². The van der Waals surface area contributed by atoms with E-state index < -0.39 is 17.5 Å². The van der Waals surface area contributed by atoms with Crippen molar-refractivity contribution in [2.75, 3.05) is 11.9 Å². The molecule has 1 aliphatic heterocycles. The molecule has 1 amide bonds. The van der Waals surface area contributed by atoms with Crippen LogP contribution in [0.2, 0.25) is 0 Å². The van der Waals surface area contributed by atoms with E-state index in [1.54, 1.807) is 24.3 Å². The summed E-state index contributed by atoms with van der Waals surface area (Å²) in [5.41, 5.74) is 6.16. The van der Waals surface area contributed by atoms with Crippen LogP contribution in [-0.4, -0.2) is 29.6 Å². The molecule has 1 atom stereocenters. The summed E-state index contributed by atoms with van der Waals surface area (Å²) in [4.78, 5) is 19.6. The lowest BCUT2D eigenvalue weighted by atomic mass is 10.1. The molecule has 0 fully saturated rings. The smallest absolute Gasteiger partial charge is 0.366 e. The lowest BCUT2D eigenvalue weighted by Crippen LogP contribution is -2.33. The molecule has 6 nitrogen and oxygen atoms in total. The number of aryl methyl sites for hydroxylation is 1. The summed E-state index contributed by atoms with van der Waals surface area (Å²) in [7, 11) is 0. The predicted octanol–water partition coefficient (Wildman–Crippen LogP) is 2.46. The Morgan fingerprint density at radius 2 is 2.04 bits per heavy atom. The number of nitrogens with zero attached hydrogens (tertiary/aromatic N) is 2. The molecule has 0 spiro atoms. The second kappa shape index (κ2) is 7.47. The van der Waals surface area contributed by atoms with Gasteiger partial charge in [0.05, 0.1) is 6.04 Å². The molecule has 1 aliphatic rings. The van der Waals surface area contributed by atoms with Gasteiger partial charge in [-0.3, -0.25) is 9.78 Å². The van der Waals surface area contributed by atoms with Crippen LogP contribution in [0, 0.1) is 0 Å². The number of aromatic nitrogens is 1. The first-order valence-corrected chi connectivity index (χ1v) is 8.11. The molecule has 2 heterocycles. The topological polar surface area (TPSA) is 89.6 Å². The van der Waals surface area contributed by atoms with Gasteiger partial charge in [-0.2, -0.15) is 8.78 Å². The number of carbonyl (C=O) groups is 1. The number of hydrogen-bond donors (Lipinski definition) is 2. The predicted molar refractivity (Wildman–Crippen MR) is 92.9 cm³/mol. The van der Waals surface area contributed by atoms with E-state index in [9.17, 15) is 13.6 Å². The maximum Gasteiger partial charge on any atom is 0.366 e. The number of pyridine rings is 1. The third kappa shape index (κ3) is 4.14. The second-order valence-electron chi connectivity index (χ2n) is 5.91. The van der Waals surface area contributed by atoms with E-state index in [0.717, 1.165) is 24.5 Å². The van der Waals surface area contributed by atoms with E-state index in [0.29, 0.717) is 12.3 Å². The number of alkyl halides is 2. The van der Waals surface area contributed by atoms with Crippen LogP contribution in [0.3, 0.4) is 0 Å². The minimum Gasteiger partial charge on any atom is -0.463 e. The maximum absolute atomic E-state index is 14.1. The first-order valence-electron chi connectivity index (χ1n) is 8.11. The van der Waals surface area contributed by atoms with E-state index in [4.69, 9.17) is 10.5 Å². The van der Waals surface area contributed by atoms with Crippen molar-refractivity contribution < 1.29 is 18.3 Å². The molecular weight excluding hydrogens is 342 g/mol. The molecular formula is C18H18F2N4O2. The number of benzene rings is 1. The van der Waals surface area contributed by atoms with Crippen LogP contribution in [0.15, 0.2) is 53.7 Å². The lowest BCUT2D eigenvalue weighted by molar-refractivity contribution is -0.141. The highest BCUT2D eigenvalue weighted by Crippen LogP contribution is 2.27. The van der Waals surface area contributed by atoms with Gasteiger partial charge >= 0.3 is 11.8 Å². The van der Waals surface area contributed by atoms with Crippen molar-refractivity contribution >= 4 is 17.6 Å². The minimum absolute atomic E-state index is 0.0337. The van der Waals surface area contributed by atoms with Gasteiger partial charge in [0.15, 0.2) is 0 Å². The fourth-order valence-corrected chi connectivity index (χ4v) is 2.55. The molecule has 1 aromatic carbocycles. The zero-order valence-corrected chi connectivity index (χ0v) is 13.9. The van der Waals surface area contributed by atoms with Crippen molar-refractivity contribution in [2.24, 2.45) is 10.7 Å². The molecule has 2 aromatic rings. The molecule has 8 heteroatoms. The summed E-state index contributed by atoms with van der Waals surface area (Å²) in [5.74, 6) is -5.13. The number of halogens is 2. The lowest BCUT2D eigenvalue weighted by Gasteiger charge is -2.15. The van der Waals surface area contributed by atoms with Crippen LogP contribution in [0.5, 0.6) is 0 Å². The Hall–Kier alpha value is -3.03. The summed E-state index contributed by atoms with van der Waals surface area (Å²) in [6, 6.07) is 11.0. The Morgan fingerprint density at radius 1 is 1.27 bits per heavy atom. The number of rotatable bonds is 6. The maximum atomic E-state index is 14.1. The number of nitrogens with two attached hydrogens (primary N) is 1. The monoisotopic (exact) mass is 360 g/mol. The SMILES string of the molecule is NC1=NC(CCc2ccc(NC(=O)C(F)(F)c3ccccn3)cc2)CO1. The Labute approximate surface area is 149 Å². The molecule has 0 radical (unpaired) electrons. The van der Waals surface area contributed by atoms with Gasteiger partial charge in [0.2, 0.25) is 0 Å². The molecule has 1 aromatic heterocycles. The molecule has 1 unspecified atom stereocenters. The highest BCUT2D eigenvalue weighted by molar-refractivity contribution is 5.96. The van der Waals surface area contributed by atoms with Crippen LogP contribution in [0.25, 0.3) is 0 Å². The molecule has 3 rings (SSSR count). The normalized spacial score (nSPS) is 16.7. The quantitative estimate of drug-likeness (QED) is 0.828. The molecule has 26 heavy (non-hydrogen) atoms. The second-order valence-corrected chi connectivity index (χ2v) is 5.91. The third-order valence-electron chi connectivity index (χ3n) is 3.98. The highest BCUT2D eigenvalue weighted by atomic mass is 19.3. The summed E-state index contributed by atoms with van der Waals surface area (Å²) >= 11 is 0. The van der Waals surface area contributed by atoms with Crippen LogP contribution >= 0.6 is 0 Å². The van der Waals surface area contributed by atoms with Gasteiger partial charge in [0, 0.05) is 11.9 Å².